The van der Waals surface area contributed by atoms with Crippen LogP contribution >= 0.6 is 0 Å². The minimum atomic E-state index is -0.230. The molecule has 0 amide bonds. The Labute approximate surface area is 121 Å². The van der Waals surface area contributed by atoms with Crippen LogP contribution in [0.1, 0.15) is 44.6 Å². The molecule has 1 atom stereocenters. The summed E-state index contributed by atoms with van der Waals surface area (Å²) in [5, 5.41) is 3.51. The lowest BCUT2D eigenvalue weighted by Gasteiger charge is -2.30. The molecule has 0 saturated heterocycles. The number of ether oxygens (including phenoxy) is 1. The maximum atomic E-state index is 13.9. The maximum Gasteiger partial charge on any atom is 0.167 e. The van der Waals surface area contributed by atoms with Crippen LogP contribution < -0.4 is 10.1 Å². The molecule has 2 nitrogen and oxygen atoms in total. The summed E-state index contributed by atoms with van der Waals surface area (Å²) in [6.45, 7) is 5.37. The fourth-order valence-corrected chi connectivity index (χ4v) is 3.07. The third kappa shape index (κ3) is 3.95. The van der Waals surface area contributed by atoms with Crippen LogP contribution in [0.25, 0.3) is 0 Å². The maximum absolute atomic E-state index is 13.9. The Hall–Kier alpha value is -1.09. The summed E-state index contributed by atoms with van der Waals surface area (Å²) < 4.78 is 19.7. The summed E-state index contributed by atoms with van der Waals surface area (Å²) in [4.78, 5) is 0. The second-order valence-electron chi connectivity index (χ2n) is 5.76. The van der Waals surface area contributed by atoms with Crippen LogP contribution in [-0.4, -0.2) is 19.2 Å². The molecule has 1 unspecified atom stereocenters. The van der Waals surface area contributed by atoms with Crippen molar-refractivity contribution in [3.8, 4) is 5.75 Å². The van der Waals surface area contributed by atoms with Crippen LogP contribution in [0.15, 0.2) is 18.2 Å². The molecule has 0 heterocycles. The highest BCUT2D eigenvalue weighted by molar-refractivity contribution is 5.30. The molecule has 1 aromatic rings. The van der Waals surface area contributed by atoms with E-state index in [0.29, 0.717) is 29.9 Å². The number of likely N-dealkylation sites (N-methyl/N-ethyl adjacent to an activating group) is 1. The van der Waals surface area contributed by atoms with E-state index >= 15 is 0 Å². The van der Waals surface area contributed by atoms with Gasteiger partial charge in [0, 0.05) is 6.04 Å². The first-order valence-corrected chi connectivity index (χ1v) is 7.83. The van der Waals surface area contributed by atoms with Gasteiger partial charge >= 0.3 is 0 Å². The Morgan fingerprint density at radius 3 is 2.75 bits per heavy atom. The lowest BCUT2D eigenvalue weighted by molar-refractivity contribution is 0.183. The Balaban J connectivity index is 1.95. The van der Waals surface area contributed by atoms with Crippen LogP contribution in [0.5, 0.6) is 5.75 Å². The average Bonchev–Trinajstić information content (AvgIpc) is 2.48. The second-order valence-corrected chi connectivity index (χ2v) is 5.76. The van der Waals surface area contributed by atoms with Crippen LogP contribution in [0.4, 0.5) is 4.39 Å². The molecule has 0 aliphatic heterocycles. The molecule has 1 saturated carbocycles. The molecular weight excluding hydrogens is 253 g/mol. The third-order valence-electron chi connectivity index (χ3n) is 4.26. The van der Waals surface area contributed by atoms with Gasteiger partial charge < -0.3 is 10.1 Å². The molecule has 1 aliphatic carbocycles. The standard InChI is InChI=1S/C17H26FNO/c1-3-19-15(14-9-5-4-6-10-14)12-20-16-11-7-8-13(2)17(16)18/h7-8,11,14-15,19H,3-6,9-10,12H2,1-2H3. The van der Waals surface area contributed by atoms with Crippen molar-refractivity contribution in [1.82, 2.24) is 5.32 Å². The highest BCUT2D eigenvalue weighted by Gasteiger charge is 2.23. The van der Waals surface area contributed by atoms with Crippen molar-refractivity contribution in [3.05, 3.63) is 29.6 Å². The number of rotatable bonds is 6. The van der Waals surface area contributed by atoms with E-state index in [4.69, 9.17) is 4.74 Å². The van der Waals surface area contributed by atoms with E-state index in [0.717, 1.165) is 6.54 Å². The van der Waals surface area contributed by atoms with E-state index in [1.807, 2.05) is 6.07 Å². The quantitative estimate of drug-likeness (QED) is 0.847. The average molecular weight is 279 g/mol. The van der Waals surface area contributed by atoms with Gasteiger partial charge in [0.05, 0.1) is 0 Å². The van der Waals surface area contributed by atoms with Crippen molar-refractivity contribution < 1.29 is 9.13 Å². The van der Waals surface area contributed by atoms with Gasteiger partial charge in [-0.05, 0) is 43.9 Å². The Morgan fingerprint density at radius 1 is 1.30 bits per heavy atom. The van der Waals surface area contributed by atoms with Crippen LogP contribution in [0.2, 0.25) is 0 Å². The fourth-order valence-electron chi connectivity index (χ4n) is 3.07. The summed E-state index contributed by atoms with van der Waals surface area (Å²) in [6.07, 6.45) is 6.49. The molecule has 1 aliphatic rings. The zero-order valence-corrected chi connectivity index (χ0v) is 12.6. The molecule has 1 aromatic carbocycles. The topological polar surface area (TPSA) is 21.3 Å². The van der Waals surface area contributed by atoms with Crippen molar-refractivity contribution in [3.63, 3.8) is 0 Å². The SMILES string of the molecule is CCNC(COc1cccc(C)c1F)C1CCCCC1. The molecule has 112 valence electrons. The fraction of sp³-hybridized carbons (Fsp3) is 0.647. The van der Waals surface area contributed by atoms with Gasteiger partial charge in [0.2, 0.25) is 0 Å². The Bertz CT molecular complexity index is 415. The van der Waals surface area contributed by atoms with Gasteiger partial charge in [0.15, 0.2) is 11.6 Å². The van der Waals surface area contributed by atoms with E-state index in [9.17, 15) is 4.39 Å². The first-order chi connectivity index (χ1) is 9.72. The number of aryl methyl sites for hydroxylation is 1. The van der Waals surface area contributed by atoms with Crippen LogP contribution in [0.3, 0.4) is 0 Å². The Morgan fingerprint density at radius 2 is 2.05 bits per heavy atom. The summed E-state index contributed by atoms with van der Waals surface area (Å²) in [7, 11) is 0. The molecule has 0 spiro atoms. The van der Waals surface area contributed by atoms with Crippen molar-refractivity contribution in [2.75, 3.05) is 13.2 Å². The predicted molar refractivity (Wildman–Crippen MR) is 80.7 cm³/mol. The molecular formula is C17H26FNO. The van der Waals surface area contributed by atoms with Crippen molar-refractivity contribution in [2.45, 2.75) is 52.0 Å². The lowest BCUT2D eigenvalue weighted by Crippen LogP contribution is -2.41. The summed E-state index contributed by atoms with van der Waals surface area (Å²) in [5.74, 6) is 0.812. The van der Waals surface area contributed by atoms with E-state index in [-0.39, 0.29) is 5.82 Å². The molecule has 1 N–H and O–H groups in total. The van der Waals surface area contributed by atoms with Gasteiger partial charge in [0.1, 0.15) is 6.61 Å². The number of hydrogen-bond acceptors (Lipinski definition) is 2. The number of nitrogens with one attached hydrogen (secondary N) is 1. The van der Waals surface area contributed by atoms with Crippen LogP contribution in [0, 0.1) is 18.7 Å². The van der Waals surface area contributed by atoms with Gasteiger partial charge in [-0.15, -0.1) is 0 Å². The molecule has 0 radical (unpaired) electrons. The largest absolute Gasteiger partial charge is 0.489 e. The van der Waals surface area contributed by atoms with Crippen molar-refractivity contribution >= 4 is 0 Å². The smallest absolute Gasteiger partial charge is 0.167 e. The summed E-state index contributed by atoms with van der Waals surface area (Å²) in [5.41, 5.74) is 0.639. The molecule has 2 rings (SSSR count). The molecule has 0 aromatic heterocycles. The van der Waals surface area contributed by atoms with Crippen LogP contribution in [-0.2, 0) is 0 Å². The minimum Gasteiger partial charge on any atom is -0.489 e. The van der Waals surface area contributed by atoms with E-state index in [1.54, 1.807) is 19.1 Å². The van der Waals surface area contributed by atoms with Crippen molar-refractivity contribution in [2.24, 2.45) is 5.92 Å². The monoisotopic (exact) mass is 279 g/mol. The summed E-state index contributed by atoms with van der Waals surface area (Å²) in [6, 6.07) is 5.66. The van der Waals surface area contributed by atoms with E-state index < -0.39 is 0 Å². The molecule has 20 heavy (non-hydrogen) atoms. The van der Waals surface area contributed by atoms with Crippen molar-refractivity contribution in [1.29, 1.82) is 0 Å². The zero-order valence-electron chi connectivity index (χ0n) is 12.6. The van der Waals surface area contributed by atoms with E-state index in [2.05, 4.69) is 12.2 Å². The molecule has 0 bridgehead atoms. The van der Waals surface area contributed by atoms with Gasteiger partial charge in [-0.25, -0.2) is 4.39 Å². The van der Waals surface area contributed by atoms with Gasteiger partial charge in [-0.2, -0.15) is 0 Å². The number of halogens is 1. The third-order valence-corrected chi connectivity index (χ3v) is 4.26. The molecule has 3 heteroatoms. The van der Waals surface area contributed by atoms with Gasteiger partial charge in [-0.3, -0.25) is 0 Å². The lowest BCUT2D eigenvalue weighted by atomic mass is 9.84. The highest BCUT2D eigenvalue weighted by Crippen LogP contribution is 2.27. The minimum absolute atomic E-state index is 0.230. The first kappa shape index (κ1) is 15.3. The molecule has 1 fully saturated rings. The highest BCUT2D eigenvalue weighted by atomic mass is 19.1. The summed E-state index contributed by atoms with van der Waals surface area (Å²) >= 11 is 0. The number of hydrogen-bond donors (Lipinski definition) is 1. The predicted octanol–water partition coefficient (Wildman–Crippen LogP) is 4.07. The van der Waals surface area contributed by atoms with E-state index in [1.165, 1.54) is 32.1 Å². The zero-order chi connectivity index (χ0) is 14.4. The van der Waals surface area contributed by atoms with Gasteiger partial charge in [-0.1, -0.05) is 38.3 Å². The number of benzene rings is 1. The Kier molecular flexibility index (Phi) is 5.84. The second kappa shape index (κ2) is 7.63. The normalized spacial score (nSPS) is 17.9. The first-order valence-electron chi connectivity index (χ1n) is 7.83. The van der Waals surface area contributed by atoms with Gasteiger partial charge in [0.25, 0.3) is 0 Å².